The molecule has 5 aromatic heterocycles. The van der Waals surface area contributed by atoms with E-state index in [-0.39, 0.29) is 0 Å². The summed E-state index contributed by atoms with van der Waals surface area (Å²) in [6.45, 7) is 0. The number of rotatable bonds is 5. The summed E-state index contributed by atoms with van der Waals surface area (Å²) < 4.78 is 11.3. The Bertz CT molecular complexity index is 3480. The predicted octanol–water partition coefficient (Wildman–Crippen LogP) is 13.6. The molecule has 0 radical (unpaired) electrons. The number of furan rings is 1. The van der Waals surface area contributed by atoms with E-state index in [1.165, 1.54) is 20.2 Å². The Morgan fingerprint density at radius 1 is 0.368 bits per heavy atom. The topological polar surface area (TPSA) is 77.6 Å². The SMILES string of the molecule is c1ccc(-c2nc(-c3ccccc3)nc(-c3cccc4sc5cc(-c6nc(-c7ccc8c(c7)sc7ccccc78)c7oc8ccccc8c7n6)ccc5c34)n2)cc1. The van der Waals surface area contributed by atoms with Gasteiger partial charge in [0.25, 0.3) is 0 Å². The highest BCUT2D eigenvalue weighted by Crippen LogP contribution is 2.43. The summed E-state index contributed by atoms with van der Waals surface area (Å²) in [6.07, 6.45) is 0. The van der Waals surface area contributed by atoms with Crippen molar-refractivity contribution in [1.82, 2.24) is 24.9 Å². The van der Waals surface area contributed by atoms with Gasteiger partial charge in [-0.25, -0.2) is 24.9 Å². The second-order valence-electron chi connectivity index (χ2n) is 14.0. The van der Waals surface area contributed by atoms with Gasteiger partial charge < -0.3 is 4.42 Å². The monoisotopic (exact) mass is 765 g/mol. The van der Waals surface area contributed by atoms with Crippen molar-refractivity contribution in [2.75, 3.05) is 0 Å². The Balaban J connectivity index is 1.03. The number of hydrogen-bond donors (Lipinski definition) is 0. The maximum absolute atomic E-state index is 6.50. The van der Waals surface area contributed by atoms with Gasteiger partial charge in [0, 0.05) is 73.5 Å². The van der Waals surface area contributed by atoms with Crippen LogP contribution in [0.15, 0.2) is 168 Å². The van der Waals surface area contributed by atoms with Gasteiger partial charge in [0.1, 0.15) is 16.8 Å². The molecule has 12 rings (SSSR count). The Labute approximate surface area is 333 Å². The van der Waals surface area contributed by atoms with E-state index in [2.05, 4.69) is 84.9 Å². The molecule has 266 valence electrons. The van der Waals surface area contributed by atoms with Gasteiger partial charge in [0.05, 0.1) is 0 Å². The molecule has 0 amide bonds. The normalized spacial score (nSPS) is 11.9. The minimum Gasteiger partial charge on any atom is -0.452 e. The van der Waals surface area contributed by atoms with Gasteiger partial charge in [-0.2, -0.15) is 0 Å². The van der Waals surface area contributed by atoms with Crippen LogP contribution in [0.3, 0.4) is 0 Å². The summed E-state index contributed by atoms with van der Waals surface area (Å²) in [5.74, 6) is 2.57. The Morgan fingerprint density at radius 2 is 0.947 bits per heavy atom. The zero-order valence-electron chi connectivity index (χ0n) is 30.0. The Kier molecular flexibility index (Phi) is 7.17. The molecule has 0 unspecified atom stereocenters. The van der Waals surface area contributed by atoms with Crippen molar-refractivity contribution >= 4 is 85.1 Å². The standard InChI is InChI=1S/C49H27N5OS2/c1-3-12-28(13-4-1)46-52-47(29-14-5-2-6-15-29)54-49(53-46)36-18-11-21-39-42(36)35-25-23-31(27-41(35)57-39)48-50-43(45-44(51-48)34-17-7-9-19-37(34)55-45)30-22-24-33-32-16-8-10-20-38(32)56-40(33)26-30/h1-27H. The second-order valence-corrected chi connectivity index (χ2v) is 16.2. The van der Waals surface area contributed by atoms with Crippen LogP contribution in [0.1, 0.15) is 0 Å². The van der Waals surface area contributed by atoms with Crippen LogP contribution < -0.4 is 0 Å². The van der Waals surface area contributed by atoms with Crippen LogP contribution in [0.5, 0.6) is 0 Å². The number of thiophene rings is 2. The van der Waals surface area contributed by atoms with E-state index in [4.69, 9.17) is 29.3 Å². The number of para-hydroxylation sites is 1. The third-order valence-electron chi connectivity index (χ3n) is 10.6. The summed E-state index contributed by atoms with van der Waals surface area (Å²) >= 11 is 3.55. The highest BCUT2D eigenvalue weighted by molar-refractivity contribution is 7.26. The molecular formula is C49H27N5OS2. The first-order valence-electron chi connectivity index (χ1n) is 18.7. The van der Waals surface area contributed by atoms with Gasteiger partial charge >= 0.3 is 0 Å². The lowest BCUT2D eigenvalue weighted by molar-refractivity contribution is 0.667. The second kappa shape index (κ2) is 12.7. The van der Waals surface area contributed by atoms with Crippen LogP contribution in [-0.2, 0) is 0 Å². The van der Waals surface area contributed by atoms with Crippen LogP contribution >= 0.6 is 22.7 Å². The molecule has 5 heterocycles. The van der Waals surface area contributed by atoms with Gasteiger partial charge in [-0.3, -0.25) is 0 Å². The Hall–Kier alpha value is -7.13. The molecule has 0 saturated heterocycles. The molecule has 7 aromatic carbocycles. The van der Waals surface area contributed by atoms with Crippen molar-refractivity contribution in [2.45, 2.75) is 0 Å². The maximum atomic E-state index is 6.50. The molecule has 57 heavy (non-hydrogen) atoms. The molecule has 0 aliphatic heterocycles. The average Bonchev–Trinajstić information content (AvgIpc) is 3.97. The summed E-state index contributed by atoms with van der Waals surface area (Å²) in [4.78, 5) is 25.5. The lowest BCUT2D eigenvalue weighted by Gasteiger charge is -2.09. The zero-order valence-corrected chi connectivity index (χ0v) is 31.7. The molecule has 0 atom stereocenters. The van der Waals surface area contributed by atoms with E-state index in [1.807, 2.05) is 78.9 Å². The molecule has 0 aliphatic rings. The van der Waals surface area contributed by atoms with Gasteiger partial charge in [-0.15, -0.1) is 22.7 Å². The summed E-state index contributed by atoms with van der Waals surface area (Å²) in [7, 11) is 0. The molecule has 0 aliphatic carbocycles. The van der Waals surface area contributed by atoms with Crippen molar-refractivity contribution < 1.29 is 4.42 Å². The fourth-order valence-corrected chi connectivity index (χ4v) is 10.2. The third-order valence-corrected chi connectivity index (χ3v) is 12.8. The van der Waals surface area contributed by atoms with Crippen LogP contribution in [0, 0.1) is 0 Å². The highest BCUT2D eigenvalue weighted by atomic mass is 32.1. The van der Waals surface area contributed by atoms with Crippen molar-refractivity contribution in [3.8, 4) is 56.8 Å². The van der Waals surface area contributed by atoms with Crippen LogP contribution in [0.2, 0.25) is 0 Å². The molecule has 0 bridgehead atoms. The van der Waals surface area contributed by atoms with Gasteiger partial charge in [0.15, 0.2) is 28.9 Å². The van der Waals surface area contributed by atoms with Crippen molar-refractivity contribution in [3.05, 3.63) is 164 Å². The first kappa shape index (κ1) is 32.1. The lowest BCUT2D eigenvalue weighted by Crippen LogP contribution is -2.00. The van der Waals surface area contributed by atoms with E-state index >= 15 is 0 Å². The highest BCUT2D eigenvalue weighted by Gasteiger charge is 2.21. The third kappa shape index (κ3) is 5.26. The smallest absolute Gasteiger partial charge is 0.180 e. The van der Waals surface area contributed by atoms with Crippen LogP contribution in [0.25, 0.3) is 119 Å². The Morgan fingerprint density at radius 3 is 1.75 bits per heavy atom. The zero-order chi connectivity index (χ0) is 37.5. The van der Waals surface area contributed by atoms with Crippen molar-refractivity contribution in [3.63, 3.8) is 0 Å². The average molecular weight is 766 g/mol. The summed E-state index contributed by atoms with van der Waals surface area (Å²) in [6, 6.07) is 56.3. The largest absolute Gasteiger partial charge is 0.452 e. The number of benzene rings is 7. The fourth-order valence-electron chi connectivity index (χ4n) is 7.87. The molecule has 0 fully saturated rings. The fraction of sp³-hybridized carbons (Fsp3) is 0. The summed E-state index contributed by atoms with van der Waals surface area (Å²) in [5, 5.41) is 5.72. The number of nitrogens with zero attached hydrogens (tertiary/aromatic N) is 5. The van der Waals surface area contributed by atoms with E-state index in [9.17, 15) is 0 Å². The van der Waals surface area contributed by atoms with E-state index < -0.39 is 0 Å². The van der Waals surface area contributed by atoms with Crippen LogP contribution in [0.4, 0.5) is 0 Å². The first-order valence-corrected chi connectivity index (χ1v) is 20.3. The summed E-state index contributed by atoms with van der Waals surface area (Å²) in [5.41, 5.74) is 7.84. The number of aromatic nitrogens is 5. The first-order chi connectivity index (χ1) is 28.2. The van der Waals surface area contributed by atoms with E-state index in [1.54, 1.807) is 22.7 Å². The van der Waals surface area contributed by atoms with Gasteiger partial charge in [-0.05, 0) is 36.4 Å². The van der Waals surface area contributed by atoms with Crippen molar-refractivity contribution in [2.24, 2.45) is 0 Å². The number of fused-ring (bicyclic) bond motifs is 9. The molecule has 8 heteroatoms. The molecule has 0 spiro atoms. The maximum Gasteiger partial charge on any atom is 0.180 e. The van der Waals surface area contributed by atoms with Crippen molar-refractivity contribution in [1.29, 1.82) is 0 Å². The minimum atomic E-state index is 0.637. The molecule has 0 saturated carbocycles. The van der Waals surface area contributed by atoms with Crippen LogP contribution in [-0.4, -0.2) is 24.9 Å². The molecule has 12 aromatic rings. The lowest BCUT2D eigenvalue weighted by atomic mass is 10.0. The minimum absolute atomic E-state index is 0.637. The molecule has 0 N–H and O–H groups in total. The van der Waals surface area contributed by atoms with Gasteiger partial charge in [0.2, 0.25) is 0 Å². The predicted molar refractivity (Wildman–Crippen MR) is 236 cm³/mol. The van der Waals surface area contributed by atoms with E-state index in [0.717, 1.165) is 70.2 Å². The number of hydrogen-bond acceptors (Lipinski definition) is 8. The quantitative estimate of drug-likeness (QED) is 0.174. The molecular weight excluding hydrogens is 739 g/mol. The van der Waals surface area contributed by atoms with Gasteiger partial charge in [-0.1, -0.05) is 127 Å². The molecule has 6 nitrogen and oxygen atoms in total. The van der Waals surface area contributed by atoms with E-state index in [0.29, 0.717) is 28.9 Å².